The number of hydrogen-bond donors (Lipinski definition) is 1. The summed E-state index contributed by atoms with van der Waals surface area (Å²) in [6, 6.07) is 6.49. The number of hydrogen-bond acceptors (Lipinski definition) is 5. The van der Waals surface area contributed by atoms with Crippen LogP contribution in [-0.2, 0) is 15.9 Å². The van der Waals surface area contributed by atoms with Gasteiger partial charge >= 0.3 is 7.12 Å². The first kappa shape index (κ1) is 19.1. The van der Waals surface area contributed by atoms with E-state index in [-0.39, 0.29) is 24.2 Å². The van der Waals surface area contributed by atoms with E-state index in [1.165, 1.54) is 0 Å². The van der Waals surface area contributed by atoms with E-state index >= 15 is 0 Å². The van der Waals surface area contributed by atoms with E-state index in [0.717, 1.165) is 29.4 Å². The lowest BCUT2D eigenvalue weighted by atomic mass is 9.78. The first-order valence-electron chi connectivity index (χ1n) is 9.81. The Hall–Kier alpha value is -2.19. The van der Waals surface area contributed by atoms with E-state index in [0.29, 0.717) is 18.3 Å². The van der Waals surface area contributed by atoms with E-state index in [9.17, 15) is 4.79 Å². The van der Waals surface area contributed by atoms with Gasteiger partial charge in [0.25, 0.3) is 5.91 Å². The van der Waals surface area contributed by atoms with Crippen molar-refractivity contribution in [1.29, 1.82) is 0 Å². The number of amides is 1. The van der Waals surface area contributed by atoms with Crippen LogP contribution in [0.3, 0.4) is 0 Å². The molecule has 0 atom stereocenters. The van der Waals surface area contributed by atoms with E-state index in [1.807, 2.05) is 46.8 Å². The lowest BCUT2D eigenvalue weighted by Crippen LogP contribution is -2.41. The zero-order valence-corrected chi connectivity index (χ0v) is 17.2. The molecule has 2 aromatic rings. The van der Waals surface area contributed by atoms with Crippen molar-refractivity contribution >= 4 is 18.5 Å². The van der Waals surface area contributed by atoms with Crippen LogP contribution in [0.5, 0.6) is 0 Å². The highest BCUT2D eigenvalue weighted by Gasteiger charge is 2.51. The second kappa shape index (κ2) is 6.70. The van der Waals surface area contributed by atoms with Gasteiger partial charge in [-0.1, -0.05) is 23.4 Å². The number of aromatic nitrogens is 3. The summed E-state index contributed by atoms with van der Waals surface area (Å²) >= 11 is 0. The van der Waals surface area contributed by atoms with Gasteiger partial charge in [0.1, 0.15) is 0 Å². The topological polar surface area (TPSA) is 78.3 Å². The predicted molar refractivity (Wildman–Crippen MR) is 106 cm³/mol. The molecule has 2 aliphatic rings. The maximum Gasteiger partial charge on any atom is 0.494 e. The SMILES string of the molecule is Cc1cc(B2OC(C)(C)C(C)(C)O2)ccc1CNC(=O)c1cn(C2CC2)nn1. The Morgan fingerprint density at radius 3 is 2.54 bits per heavy atom. The van der Waals surface area contributed by atoms with Crippen molar-refractivity contribution < 1.29 is 14.1 Å². The van der Waals surface area contributed by atoms with Crippen LogP contribution in [0.1, 0.15) is 68.2 Å². The van der Waals surface area contributed by atoms with Crippen molar-refractivity contribution in [2.45, 2.75) is 71.2 Å². The van der Waals surface area contributed by atoms with Crippen molar-refractivity contribution in [3.05, 3.63) is 41.2 Å². The van der Waals surface area contributed by atoms with Gasteiger partial charge in [0.15, 0.2) is 5.69 Å². The largest absolute Gasteiger partial charge is 0.494 e. The first-order valence-corrected chi connectivity index (χ1v) is 9.81. The van der Waals surface area contributed by atoms with Crippen LogP contribution in [-0.4, -0.2) is 39.2 Å². The lowest BCUT2D eigenvalue weighted by Gasteiger charge is -2.32. The molecule has 1 amide bonds. The van der Waals surface area contributed by atoms with Crippen molar-refractivity contribution in [2.75, 3.05) is 0 Å². The highest BCUT2D eigenvalue weighted by Crippen LogP contribution is 2.36. The number of carbonyl (C=O) groups excluding carboxylic acids is 1. The monoisotopic (exact) mass is 382 g/mol. The average molecular weight is 382 g/mol. The summed E-state index contributed by atoms with van der Waals surface area (Å²) < 4.78 is 14.0. The molecule has 1 saturated heterocycles. The van der Waals surface area contributed by atoms with Gasteiger partial charge in [-0.05, 0) is 64.1 Å². The van der Waals surface area contributed by atoms with Crippen LogP contribution in [0.4, 0.5) is 0 Å². The normalized spacial score (nSPS) is 20.4. The third-order valence-electron chi connectivity index (χ3n) is 6.00. The summed E-state index contributed by atoms with van der Waals surface area (Å²) in [6.45, 7) is 10.6. The summed E-state index contributed by atoms with van der Waals surface area (Å²) in [5, 5.41) is 10.9. The quantitative estimate of drug-likeness (QED) is 0.802. The van der Waals surface area contributed by atoms with Crippen LogP contribution < -0.4 is 10.8 Å². The van der Waals surface area contributed by atoms with Gasteiger partial charge in [-0.3, -0.25) is 4.79 Å². The molecular weight excluding hydrogens is 355 g/mol. The van der Waals surface area contributed by atoms with Crippen molar-refractivity contribution in [2.24, 2.45) is 0 Å². The molecule has 7 nitrogen and oxygen atoms in total. The van der Waals surface area contributed by atoms with Crippen LogP contribution in [0.25, 0.3) is 0 Å². The molecule has 1 aromatic heterocycles. The molecule has 1 aliphatic carbocycles. The number of carbonyl (C=O) groups is 1. The average Bonchev–Trinajstić information content (AvgIpc) is 3.30. The summed E-state index contributed by atoms with van der Waals surface area (Å²) in [6.07, 6.45) is 3.94. The summed E-state index contributed by atoms with van der Waals surface area (Å²) in [5.74, 6) is -0.207. The number of benzene rings is 1. The Morgan fingerprint density at radius 2 is 1.93 bits per heavy atom. The number of aryl methyl sites for hydroxylation is 1. The second-order valence-corrected chi connectivity index (χ2v) is 8.77. The van der Waals surface area contributed by atoms with Gasteiger partial charge < -0.3 is 14.6 Å². The molecule has 0 bridgehead atoms. The minimum Gasteiger partial charge on any atom is -0.399 e. The molecule has 1 N–H and O–H groups in total. The predicted octanol–water partition coefficient (Wildman–Crippen LogP) is 2.15. The third kappa shape index (κ3) is 3.58. The van der Waals surface area contributed by atoms with E-state index in [4.69, 9.17) is 9.31 Å². The number of nitrogens with zero attached hydrogens (tertiary/aromatic N) is 3. The molecule has 2 fully saturated rings. The third-order valence-corrected chi connectivity index (χ3v) is 6.00. The van der Waals surface area contributed by atoms with E-state index < -0.39 is 0 Å². The Labute approximate surface area is 165 Å². The molecule has 0 spiro atoms. The van der Waals surface area contributed by atoms with Crippen LogP contribution in [0, 0.1) is 6.92 Å². The van der Waals surface area contributed by atoms with Gasteiger partial charge in [0.05, 0.1) is 23.4 Å². The molecule has 1 saturated carbocycles. The summed E-state index contributed by atoms with van der Waals surface area (Å²) in [7, 11) is -0.384. The highest BCUT2D eigenvalue weighted by molar-refractivity contribution is 6.62. The molecule has 1 aromatic carbocycles. The molecule has 4 rings (SSSR count). The van der Waals surface area contributed by atoms with Crippen molar-refractivity contribution in [1.82, 2.24) is 20.3 Å². The molecule has 1 aliphatic heterocycles. The molecule has 8 heteroatoms. The fourth-order valence-electron chi connectivity index (χ4n) is 3.21. The number of rotatable bonds is 5. The smallest absolute Gasteiger partial charge is 0.399 e. The molecule has 0 radical (unpaired) electrons. The zero-order chi connectivity index (χ0) is 20.1. The summed E-state index contributed by atoms with van der Waals surface area (Å²) in [4.78, 5) is 12.3. The van der Waals surface area contributed by atoms with E-state index in [1.54, 1.807) is 10.9 Å². The molecular formula is C20H27BN4O3. The molecule has 0 unspecified atom stereocenters. The van der Waals surface area contributed by atoms with Crippen molar-refractivity contribution in [3.8, 4) is 0 Å². The zero-order valence-electron chi connectivity index (χ0n) is 17.2. The van der Waals surface area contributed by atoms with Crippen molar-refractivity contribution in [3.63, 3.8) is 0 Å². The Balaban J connectivity index is 1.40. The van der Waals surface area contributed by atoms with Gasteiger partial charge in [0, 0.05) is 6.54 Å². The standard InChI is InChI=1S/C20H27BN4O3/c1-13-10-15(21-27-19(2,3)20(4,5)28-21)7-6-14(13)11-22-18(26)17-12-25(24-23-17)16-8-9-16/h6-7,10,12,16H,8-9,11H2,1-5H3,(H,22,26). The van der Waals surface area contributed by atoms with Crippen LogP contribution in [0.15, 0.2) is 24.4 Å². The molecule has 2 heterocycles. The maximum atomic E-state index is 12.3. The Kier molecular flexibility index (Phi) is 4.58. The fraction of sp³-hybridized carbons (Fsp3) is 0.550. The van der Waals surface area contributed by atoms with Gasteiger partial charge in [-0.25, -0.2) is 4.68 Å². The Morgan fingerprint density at radius 1 is 1.25 bits per heavy atom. The second-order valence-electron chi connectivity index (χ2n) is 8.77. The maximum absolute atomic E-state index is 12.3. The highest BCUT2D eigenvalue weighted by atomic mass is 16.7. The first-order chi connectivity index (χ1) is 13.2. The Bertz CT molecular complexity index is 889. The van der Waals surface area contributed by atoms with Gasteiger partial charge in [-0.2, -0.15) is 0 Å². The lowest BCUT2D eigenvalue weighted by molar-refractivity contribution is 0.00578. The van der Waals surface area contributed by atoms with E-state index in [2.05, 4.69) is 21.7 Å². The van der Waals surface area contributed by atoms with Gasteiger partial charge in [0.2, 0.25) is 0 Å². The molecule has 28 heavy (non-hydrogen) atoms. The minimum atomic E-state index is -0.384. The van der Waals surface area contributed by atoms with Crippen LogP contribution in [0.2, 0.25) is 0 Å². The summed E-state index contributed by atoms with van der Waals surface area (Å²) in [5.41, 5.74) is 2.74. The van der Waals surface area contributed by atoms with Gasteiger partial charge in [-0.15, -0.1) is 5.10 Å². The minimum absolute atomic E-state index is 0.207. The van der Waals surface area contributed by atoms with Crippen LogP contribution >= 0.6 is 0 Å². The molecule has 148 valence electrons. The fourth-order valence-corrected chi connectivity index (χ4v) is 3.21. The number of nitrogens with one attached hydrogen (secondary N) is 1.